The highest BCUT2D eigenvalue weighted by Crippen LogP contribution is 2.32. The van der Waals surface area contributed by atoms with E-state index in [-0.39, 0.29) is 11.8 Å². The van der Waals surface area contributed by atoms with Gasteiger partial charge in [-0.2, -0.15) is 0 Å². The number of carboxylic acid groups (broad SMARTS) is 1. The number of amides is 1. The fourth-order valence-corrected chi connectivity index (χ4v) is 3.08. The molecular formula is C16H20BrNO3. The van der Waals surface area contributed by atoms with E-state index < -0.39 is 11.5 Å². The van der Waals surface area contributed by atoms with E-state index >= 15 is 0 Å². The number of rotatable bonds is 6. The minimum absolute atomic E-state index is 0.153. The molecule has 114 valence electrons. The zero-order valence-electron chi connectivity index (χ0n) is 12.1. The Morgan fingerprint density at radius 2 is 2.14 bits per heavy atom. The largest absolute Gasteiger partial charge is 0.480 e. The Morgan fingerprint density at radius 1 is 1.43 bits per heavy atom. The first-order valence-electron chi connectivity index (χ1n) is 7.27. The van der Waals surface area contributed by atoms with Gasteiger partial charge in [0.2, 0.25) is 5.91 Å². The molecule has 0 heterocycles. The maximum Gasteiger partial charge on any atom is 0.329 e. The van der Waals surface area contributed by atoms with Crippen LogP contribution in [0.25, 0.3) is 0 Å². The van der Waals surface area contributed by atoms with Crippen molar-refractivity contribution in [2.45, 2.75) is 44.6 Å². The molecule has 1 aliphatic rings. The summed E-state index contributed by atoms with van der Waals surface area (Å²) in [5.74, 6) is -1.27. The number of halogens is 1. The smallest absolute Gasteiger partial charge is 0.329 e. The Balaban J connectivity index is 2.03. The lowest BCUT2D eigenvalue weighted by molar-refractivity contribution is -0.152. The molecule has 2 rings (SSSR count). The van der Waals surface area contributed by atoms with Crippen molar-refractivity contribution in [1.82, 2.24) is 5.32 Å². The van der Waals surface area contributed by atoms with Crippen LogP contribution >= 0.6 is 15.9 Å². The summed E-state index contributed by atoms with van der Waals surface area (Å²) >= 11 is 3.42. The summed E-state index contributed by atoms with van der Waals surface area (Å²) in [6, 6.07) is 7.86. The number of nitrogens with one attached hydrogen (secondary N) is 1. The van der Waals surface area contributed by atoms with Crippen LogP contribution in [0, 0.1) is 5.92 Å². The van der Waals surface area contributed by atoms with Gasteiger partial charge in [-0.1, -0.05) is 35.0 Å². The molecule has 21 heavy (non-hydrogen) atoms. The lowest BCUT2D eigenvalue weighted by atomic mass is 9.76. The van der Waals surface area contributed by atoms with Gasteiger partial charge in [0.05, 0.1) is 0 Å². The van der Waals surface area contributed by atoms with Crippen LogP contribution in [0.2, 0.25) is 0 Å². The summed E-state index contributed by atoms with van der Waals surface area (Å²) < 4.78 is 0.983. The van der Waals surface area contributed by atoms with E-state index in [0.29, 0.717) is 25.7 Å². The number of carbonyl (C=O) groups is 2. The van der Waals surface area contributed by atoms with Gasteiger partial charge >= 0.3 is 5.97 Å². The van der Waals surface area contributed by atoms with Crippen molar-refractivity contribution in [3.05, 3.63) is 34.3 Å². The molecule has 0 bridgehead atoms. The molecular weight excluding hydrogens is 334 g/mol. The average molecular weight is 354 g/mol. The second kappa shape index (κ2) is 6.60. The Labute approximate surface area is 133 Å². The highest BCUT2D eigenvalue weighted by molar-refractivity contribution is 9.10. The molecule has 1 unspecified atom stereocenters. The molecule has 1 saturated carbocycles. The standard InChI is InChI=1S/C16H20BrNO3/c1-2-12(9-11-5-3-6-13(17)10-11)14(19)18-16(15(20)21)7-4-8-16/h3,5-6,10,12H,2,4,7-9H2,1H3,(H,18,19)(H,20,21). The van der Waals surface area contributed by atoms with Crippen LogP contribution in [0.15, 0.2) is 28.7 Å². The predicted molar refractivity (Wildman–Crippen MR) is 84.0 cm³/mol. The molecule has 4 nitrogen and oxygen atoms in total. The maximum atomic E-state index is 12.4. The van der Waals surface area contributed by atoms with Crippen LogP contribution in [-0.2, 0) is 16.0 Å². The second-order valence-corrected chi connectivity index (χ2v) is 6.58. The van der Waals surface area contributed by atoms with E-state index in [4.69, 9.17) is 0 Å². The van der Waals surface area contributed by atoms with Crippen molar-refractivity contribution in [3.8, 4) is 0 Å². The van der Waals surface area contributed by atoms with Gasteiger partial charge in [-0.05, 0) is 49.8 Å². The molecule has 1 amide bonds. The summed E-state index contributed by atoms with van der Waals surface area (Å²) in [5, 5.41) is 12.1. The van der Waals surface area contributed by atoms with Gasteiger partial charge in [0.15, 0.2) is 0 Å². The molecule has 0 aromatic heterocycles. The minimum atomic E-state index is -1.03. The Kier molecular flexibility index (Phi) is 5.04. The van der Waals surface area contributed by atoms with Crippen molar-refractivity contribution in [1.29, 1.82) is 0 Å². The summed E-state index contributed by atoms with van der Waals surface area (Å²) in [4.78, 5) is 23.7. The number of carboxylic acids is 1. The first-order chi connectivity index (χ1) is 9.97. The number of benzene rings is 1. The van der Waals surface area contributed by atoms with Gasteiger partial charge in [0.1, 0.15) is 5.54 Å². The molecule has 2 N–H and O–H groups in total. The zero-order valence-corrected chi connectivity index (χ0v) is 13.6. The minimum Gasteiger partial charge on any atom is -0.480 e. The van der Waals surface area contributed by atoms with Crippen LogP contribution in [0.5, 0.6) is 0 Å². The fourth-order valence-electron chi connectivity index (χ4n) is 2.63. The lowest BCUT2D eigenvalue weighted by Gasteiger charge is -2.39. The third kappa shape index (κ3) is 3.64. The summed E-state index contributed by atoms with van der Waals surface area (Å²) in [5.41, 5.74) is 0.0475. The van der Waals surface area contributed by atoms with Crippen LogP contribution in [0.3, 0.4) is 0 Å². The SMILES string of the molecule is CCC(Cc1cccc(Br)c1)C(=O)NC1(C(=O)O)CCC1. The first-order valence-corrected chi connectivity index (χ1v) is 8.06. The second-order valence-electron chi connectivity index (χ2n) is 5.67. The van der Waals surface area contributed by atoms with Gasteiger partial charge in [0.25, 0.3) is 0 Å². The van der Waals surface area contributed by atoms with Crippen LogP contribution < -0.4 is 5.32 Å². The predicted octanol–water partition coefficient (Wildman–Crippen LogP) is 3.14. The lowest BCUT2D eigenvalue weighted by Crippen LogP contribution is -2.60. The summed E-state index contributed by atoms with van der Waals surface area (Å²) in [6.45, 7) is 1.95. The summed E-state index contributed by atoms with van der Waals surface area (Å²) in [6.07, 6.45) is 3.23. The van der Waals surface area contributed by atoms with Gasteiger partial charge in [-0.15, -0.1) is 0 Å². The zero-order chi connectivity index (χ0) is 15.5. The molecule has 0 spiro atoms. The number of aliphatic carboxylic acids is 1. The van der Waals surface area contributed by atoms with Crippen LogP contribution in [0.4, 0.5) is 0 Å². The Morgan fingerprint density at radius 3 is 2.62 bits per heavy atom. The highest BCUT2D eigenvalue weighted by Gasteiger charge is 2.46. The molecule has 5 heteroatoms. The van der Waals surface area contributed by atoms with Crippen molar-refractivity contribution < 1.29 is 14.7 Å². The van der Waals surface area contributed by atoms with Crippen molar-refractivity contribution >= 4 is 27.8 Å². The van der Waals surface area contributed by atoms with Crippen molar-refractivity contribution in [2.75, 3.05) is 0 Å². The van der Waals surface area contributed by atoms with Crippen molar-refractivity contribution in [3.63, 3.8) is 0 Å². The topological polar surface area (TPSA) is 66.4 Å². The monoisotopic (exact) mass is 353 g/mol. The van der Waals surface area contributed by atoms with Crippen molar-refractivity contribution in [2.24, 2.45) is 5.92 Å². The number of hydrogen-bond donors (Lipinski definition) is 2. The maximum absolute atomic E-state index is 12.4. The fraction of sp³-hybridized carbons (Fsp3) is 0.500. The van der Waals surface area contributed by atoms with Gasteiger partial charge in [0, 0.05) is 10.4 Å². The first kappa shape index (κ1) is 16.0. The molecule has 0 aliphatic heterocycles. The van der Waals surface area contributed by atoms with Crippen LogP contribution in [-0.4, -0.2) is 22.5 Å². The molecule has 1 atom stereocenters. The molecule has 1 aromatic rings. The molecule has 1 aliphatic carbocycles. The van der Waals surface area contributed by atoms with E-state index in [1.165, 1.54) is 0 Å². The third-order valence-electron chi connectivity index (χ3n) is 4.21. The Hall–Kier alpha value is -1.36. The van der Waals surface area contributed by atoms with Gasteiger partial charge < -0.3 is 10.4 Å². The number of carbonyl (C=O) groups excluding carboxylic acids is 1. The van der Waals surface area contributed by atoms with Gasteiger partial charge in [-0.25, -0.2) is 4.79 Å². The Bertz CT molecular complexity index is 540. The van der Waals surface area contributed by atoms with E-state index in [2.05, 4.69) is 21.2 Å². The van der Waals surface area contributed by atoms with E-state index in [1.54, 1.807) is 0 Å². The number of hydrogen-bond acceptors (Lipinski definition) is 2. The summed E-state index contributed by atoms with van der Waals surface area (Å²) in [7, 11) is 0. The van der Waals surface area contributed by atoms with Crippen LogP contribution in [0.1, 0.15) is 38.2 Å². The highest BCUT2D eigenvalue weighted by atomic mass is 79.9. The van der Waals surface area contributed by atoms with E-state index in [9.17, 15) is 14.7 Å². The molecule has 1 aromatic carbocycles. The normalized spacial score (nSPS) is 17.6. The molecule has 1 fully saturated rings. The van der Waals surface area contributed by atoms with Gasteiger partial charge in [-0.3, -0.25) is 4.79 Å². The molecule has 0 radical (unpaired) electrons. The third-order valence-corrected chi connectivity index (χ3v) is 4.71. The average Bonchev–Trinajstić information content (AvgIpc) is 2.39. The van der Waals surface area contributed by atoms with E-state index in [0.717, 1.165) is 16.5 Å². The van der Waals surface area contributed by atoms with E-state index in [1.807, 2.05) is 31.2 Å². The molecule has 0 saturated heterocycles. The quantitative estimate of drug-likeness (QED) is 0.825.